The van der Waals surface area contributed by atoms with Crippen LogP contribution >= 0.6 is 27.5 Å². The first kappa shape index (κ1) is 14.7. The third-order valence-electron chi connectivity index (χ3n) is 1.84. The van der Waals surface area contributed by atoms with Gasteiger partial charge < -0.3 is 5.11 Å². The molecule has 0 aliphatic carbocycles. The maximum absolute atomic E-state index is 11.0. The summed E-state index contributed by atoms with van der Waals surface area (Å²) in [5.74, 6) is -0.813. The van der Waals surface area contributed by atoms with E-state index in [4.69, 9.17) is 16.7 Å². The normalized spacial score (nSPS) is 9.76. The molecule has 0 atom stereocenters. The molecule has 1 N–H and O–H groups in total. The summed E-state index contributed by atoms with van der Waals surface area (Å²) in [7, 11) is 0. The maximum atomic E-state index is 11.0. The third kappa shape index (κ3) is 3.08. The molecule has 0 aliphatic rings. The Hall–Kier alpha value is -0.400. The van der Waals surface area contributed by atoms with E-state index in [-0.39, 0.29) is 41.1 Å². The summed E-state index contributed by atoms with van der Waals surface area (Å²) in [6, 6.07) is 4.66. The molecule has 0 saturated carbocycles. The summed E-state index contributed by atoms with van der Waals surface area (Å²) in [4.78, 5) is 15.0. The first-order valence-electron chi connectivity index (χ1n) is 4.19. The Morgan fingerprint density at radius 3 is 2.82 bits per heavy atom. The standard InChI is InChI=1S/C9H5BrClN3O2.Na.H/c10-7-4-6(9(15)16)14(13-7)8-5(11)2-1-3-12-8;;/h1-4H,(H,15,16);;. The van der Waals surface area contributed by atoms with Crippen molar-refractivity contribution in [1.82, 2.24) is 14.8 Å². The van der Waals surface area contributed by atoms with Gasteiger partial charge in [-0.15, -0.1) is 0 Å². The van der Waals surface area contributed by atoms with Crippen LogP contribution in [0.1, 0.15) is 10.5 Å². The summed E-state index contributed by atoms with van der Waals surface area (Å²) >= 11 is 9.02. The van der Waals surface area contributed by atoms with Crippen molar-refractivity contribution in [3.8, 4) is 5.82 Å². The van der Waals surface area contributed by atoms with E-state index in [9.17, 15) is 4.79 Å². The minimum absolute atomic E-state index is 0. The zero-order valence-corrected chi connectivity index (χ0v) is 10.1. The van der Waals surface area contributed by atoms with Crippen molar-refractivity contribution in [2.24, 2.45) is 0 Å². The summed E-state index contributed by atoms with van der Waals surface area (Å²) in [6.45, 7) is 0. The number of hydrogen-bond acceptors (Lipinski definition) is 3. The van der Waals surface area contributed by atoms with Gasteiger partial charge in [0.05, 0.1) is 5.02 Å². The van der Waals surface area contributed by atoms with Gasteiger partial charge in [-0.25, -0.2) is 14.5 Å². The minimum atomic E-state index is -1.10. The molecular weight excluding hydrogens is 320 g/mol. The number of hydrogen-bond donors (Lipinski definition) is 1. The Labute approximate surface area is 132 Å². The third-order valence-corrected chi connectivity index (χ3v) is 2.52. The van der Waals surface area contributed by atoms with Gasteiger partial charge in [-0.05, 0) is 28.1 Å². The van der Waals surface area contributed by atoms with Crippen LogP contribution in [0, 0.1) is 0 Å². The molecule has 2 rings (SSSR count). The molecule has 2 aromatic rings. The molecule has 0 aliphatic heterocycles. The number of carboxylic acid groups (broad SMARTS) is 1. The fourth-order valence-electron chi connectivity index (χ4n) is 1.20. The molecule has 0 radical (unpaired) electrons. The second kappa shape index (κ2) is 5.97. The Morgan fingerprint density at radius 2 is 2.24 bits per heavy atom. The van der Waals surface area contributed by atoms with Crippen LogP contribution in [0.3, 0.4) is 0 Å². The van der Waals surface area contributed by atoms with Gasteiger partial charge in [-0.1, -0.05) is 11.6 Å². The van der Waals surface area contributed by atoms with Crippen LogP contribution in [0.5, 0.6) is 0 Å². The molecule has 17 heavy (non-hydrogen) atoms. The Kier molecular flexibility index (Phi) is 5.15. The predicted molar refractivity (Wildman–Crippen MR) is 68.2 cm³/mol. The van der Waals surface area contributed by atoms with E-state index >= 15 is 0 Å². The van der Waals surface area contributed by atoms with Crippen molar-refractivity contribution < 1.29 is 9.90 Å². The summed E-state index contributed by atoms with van der Waals surface area (Å²) in [5.41, 5.74) is -0.00697. The van der Waals surface area contributed by atoms with Crippen LogP contribution in [-0.4, -0.2) is 55.4 Å². The SMILES string of the molecule is O=C(O)c1cc(Br)nn1-c1ncccc1Cl.[NaH]. The number of aromatic nitrogens is 3. The summed E-state index contributed by atoms with van der Waals surface area (Å²) < 4.78 is 1.58. The van der Waals surface area contributed by atoms with Crippen molar-refractivity contribution in [2.45, 2.75) is 0 Å². The van der Waals surface area contributed by atoms with Crippen LogP contribution in [0.15, 0.2) is 29.0 Å². The van der Waals surface area contributed by atoms with Crippen molar-refractivity contribution in [3.63, 3.8) is 0 Å². The van der Waals surface area contributed by atoms with Gasteiger partial charge in [0.25, 0.3) is 0 Å². The molecule has 0 spiro atoms. The van der Waals surface area contributed by atoms with Gasteiger partial charge in [0.2, 0.25) is 0 Å². The van der Waals surface area contributed by atoms with Gasteiger partial charge in [0, 0.05) is 12.3 Å². The molecule has 8 heteroatoms. The molecule has 5 nitrogen and oxygen atoms in total. The van der Waals surface area contributed by atoms with Crippen LogP contribution in [-0.2, 0) is 0 Å². The average Bonchev–Trinajstić information content (AvgIpc) is 2.61. The van der Waals surface area contributed by atoms with E-state index in [0.29, 0.717) is 9.63 Å². The fraction of sp³-hybridized carbons (Fsp3) is 0. The number of nitrogens with zero attached hydrogens (tertiary/aromatic N) is 3. The van der Waals surface area contributed by atoms with Gasteiger partial charge in [-0.3, -0.25) is 0 Å². The van der Waals surface area contributed by atoms with Crippen molar-refractivity contribution in [1.29, 1.82) is 0 Å². The number of halogens is 2. The number of rotatable bonds is 2. The molecule has 0 saturated heterocycles. The molecule has 0 aromatic carbocycles. The first-order valence-corrected chi connectivity index (χ1v) is 5.36. The van der Waals surface area contributed by atoms with Crippen LogP contribution in [0.2, 0.25) is 5.02 Å². The van der Waals surface area contributed by atoms with E-state index in [1.807, 2.05) is 0 Å². The van der Waals surface area contributed by atoms with E-state index in [1.165, 1.54) is 16.9 Å². The van der Waals surface area contributed by atoms with E-state index in [2.05, 4.69) is 26.0 Å². The Balaban J connectivity index is 0.00000144. The molecule has 2 aromatic heterocycles. The fourth-order valence-corrected chi connectivity index (χ4v) is 1.78. The number of carbonyl (C=O) groups is 1. The van der Waals surface area contributed by atoms with Crippen molar-refractivity contribution in [3.05, 3.63) is 39.7 Å². The van der Waals surface area contributed by atoms with E-state index in [0.717, 1.165) is 0 Å². The summed E-state index contributed by atoms with van der Waals surface area (Å²) in [6.07, 6.45) is 1.52. The second-order valence-electron chi connectivity index (χ2n) is 2.88. The Bertz CT molecular complexity index is 561. The van der Waals surface area contributed by atoms with Crippen molar-refractivity contribution in [2.75, 3.05) is 0 Å². The predicted octanol–water partition coefficient (Wildman–Crippen LogP) is 1.73. The monoisotopic (exact) mass is 325 g/mol. The Morgan fingerprint density at radius 1 is 1.53 bits per heavy atom. The number of aromatic carboxylic acids is 1. The molecular formula is C9H6BrClN3NaO2. The molecule has 84 valence electrons. The zero-order chi connectivity index (χ0) is 11.7. The zero-order valence-electron chi connectivity index (χ0n) is 7.76. The molecule has 0 amide bonds. The second-order valence-corrected chi connectivity index (χ2v) is 4.10. The van der Waals surface area contributed by atoms with Gasteiger partial charge in [-0.2, -0.15) is 5.10 Å². The van der Waals surface area contributed by atoms with Crippen LogP contribution < -0.4 is 0 Å². The molecule has 0 bridgehead atoms. The molecule has 0 unspecified atom stereocenters. The van der Waals surface area contributed by atoms with Crippen LogP contribution in [0.4, 0.5) is 0 Å². The van der Waals surface area contributed by atoms with Gasteiger partial charge >= 0.3 is 35.5 Å². The first-order chi connectivity index (χ1) is 7.59. The van der Waals surface area contributed by atoms with Gasteiger partial charge in [0.1, 0.15) is 4.60 Å². The number of pyridine rings is 1. The van der Waals surface area contributed by atoms with E-state index in [1.54, 1.807) is 12.1 Å². The quantitative estimate of drug-likeness (QED) is 0.854. The van der Waals surface area contributed by atoms with Crippen LogP contribution in [0.25, 0.3) is 5.82 Å². The number of carboxylic acids is 1. The van der Waals surface area contributed by atoms with Gasteiger partial charge in [0.15, 0.2) is 11.5 Å². The average molecular weight is 327 g/mol. The molecule has 0 fully saturated rings. The topological polar surface area (TPSA) is 68.0 Å². The van der Waals surface area contributed by atoms with Crippen molar-refractivity contribution >= 4 is 63.1 Å². The molecule has 2 heterocycles. The van der Waals surface area contributed by atoms with E-state index < -0.39 is 5.97 Å². The summed E-state index contributed by atoms with van der Waals surface area (Å²) in [5, 5.41) is 13.3.